The van der Waals surface area contributed by atoms with Crippen molar-refractivity contribution in [3.63, 3.8) is 0 Å². The highest BCUT2D eigenvalue weighted by Crippen LogP contribution is 2.27. The highest BCUT2D eigenvalue weighted by Gasteiger charge is 2.19. The Hall–Kier alpha value is -2.60. The summed E-state index contributed by atoms with van der Waals surface area (Å²) in [5.74, 6) is -1.07. The fourth-order valence-electron chi connectivity index (χ4n) is 2.07. The normalized spacial score (nSPS) is 11.5. The van der Waals surface area contributed by atoms with Gasteiger partial charge in [0.15, 0.2) is 6.10 Å². The van der Waals surface area contributed by atoms with Crippen molar-refractivity contribution in [3.05, 3.63) is 58.9 Å². The Labute approximate surface area is 149 Å². The molecule has 0 unspecified atom stereocenters. The van der Waals surface area contributed by atoms with Gasteiger partial charge in [0.25, 0.3) is 5.91 Å². The van der Waals surface area contributed by atoms with E-state index < -0.39 is 18.0 Å². The third kappa shape index (κ3) is 5.46. The van der Waals surface area contributed by atoms with Gasteiger partial charge in [-0.25, -0.2) is 4.39 Å². The molecule has 1 atom stereocenters. The molecule has 0 aliphatic rings. The van der Waals surface area contributed by atoms with E-state index in [1.807, 2.05) is 0 Å². The summed E-state index contributed by atoms with van der Waals surface area (Å²) in [4.78, 5) is 24.1. The number of carbonyl (C=O) groups is 2. The van der Waals surface area contributed by atoms with E-state index in [-0.39, 0.29) is 12.2 Å². The second kappa shape index (κ2) is 8.48. The van der Waals surface area contributed by atoms with Gasteiger partial charge in [-0.15, -0.1) is 0 Å². The summed E-state index contributed by atoms with van der Waals surface area (Å²) in [6.45, 7) is 1.45. The summed E-state index contributed by atoms with van der Waals surface area (Å²) in [6.07, 6.45) is -1.07. The topological polar surface area (TPSA) is 64.6 Å². The largest absolute Gasteiger partial charge is 0.495 e. The molecule has 0 saturated heterocycles. The quantitative estimate of drug-likeness (QED) is 0.794. The van der Waals surface area contributed by atoms with Crippen molar-refractivity contribution in [2.45, 2.75) is 19.4 Å². The number of esters is 1. The van der Waals surface area contributed by atoms with Gasteiger partial charge < -0.3 is 14.8 Å². The molecule has 2 aromatic rings. The van der Waals surface area contributed by atoms with Crippen LogP contribution in [-0.2, 0) is 20.7 Å². The third-order valence-corrected chi connectivity index (χ3v) is 3.59. The van der Waals surface area contributed by atoms with E-state index in [9.17, 15) is 14.0 Å². The summed E-state index contributed by atoms with van der Waals surface area (Å²) in [5, 5.41) is 3.03. The van der Waals surface area contributed by atoms with Crippen LogP contribution in [0.2, 0.25) is 5.02 Å². The van der Waals surface area contributed by atoms with Crippen LogP contribution >= 0.6 is 11.6 Å². The monoisotopic (exact) mass is 365 g/mol. The van der Waals surface area contributed by atoms with E-state index in [4.69, 9.17) is 21.1 Å². The zero-order chi connectivity index (χ0) is 18.4. The fraction of sp³-hybridized carbons (Fsp3) is 0.222. The third-order valence-electron chi connectivity index (χ3n) is 3.36. The van der Waals surface area contributed by atoms with Crippen molar-refractivity contribution < 1.29 is 23.5 Å². The van der Waals surface area contributed by atoms with Crippen LogP contribution in [0.25, 0.3) is 0 Å². The molecule has 0 bridgehead atoms. The van der Waals surface area contributed by atoms with Gasteiger partial charge in [0.05, 0.1) is 19.2 Å². The SMILES string of the molecule is COc1ccc(Cl)cc1NC(=O)[C@H](C)OC(=O)Cc1ccc(F)cc1. The second-order valence-electron chi connectivity index (χ2n) is 5.27. The first-order valence-electron chi connectivity index (χ1n) is 7.47. The molecule has 0 saturated carbocycles. The van der Waals surface area contributed by atoms with E-state index in [1.165, 1.54) is 44.4 Å². The standard InChI is InChI=1S/C18H17ClFNO4/c1-11(25-17(22)9-12-3-6-14(20)7-4-12)18(23)21-15-10-13(19)5-8-16(15)24-2/h3-8,10-11H,9H2,1-2H3,(H,21,23)/t11-/m0/s1. The van der Waals surface area contributed by atoms with Gasteiger partial charge in [-0.1, -0.05) is 23.7 Å². The number of rotatable bonds is 6. The number of benzene rings is 2. The van der Waals surface area contributed by atoms with Crippen LogP contribution in [0.3, 0.4) is 0 Å². The van der Waals surface area contributed by atoms with Crippen LogP contribution in [-0.4, -0.2) is 25.1 Å². The molecule has 7 heteroatoms. The molecule has 0 spiro atoms. The molecule has 1 N–H and O–H groups in total. The number of hydrogen-bond acceptors (Lipinski definition) is 4. The number of anilines is 1. The van der Waals surface area contributed by atoms with Gasteiger partial charge in [0.1, 0.15) is 11.6 Å². The second-order valence-corrected chi connectivity index (χ2v) is 5.71. The smallest absolute Gasteiger partial charge is 0.311 e. The molecule has 0 fully saturated rings. The Bertz CT molecular complexity index is 764. The molecule has 1 amide bonds. The van der Waals surface area contributed by atoms with Gasteiger partial charge in [0, 0.05) is 5.02 Å². The number of carbonyl (C=O) groups excluding carboxylic acids is 2. The van der Waals surface area contributed by atoms with Crippen molar-refractivity contribution in [1.82, 2.24) is 0 Å². The van der Waals surface area contributed by atoms with E-state index in [0.717, 1.165) is 0 Å². The molecule has 0 aliphatic carbocycles. The molecule has 5 nitrogen and oxygen atoms in total. The number of nitrogens with one attached hydrogen (secondary N) is 1. The average molecular weight is 366 g/mol. The molecule has 0 radical (unpaired) electrons. The van der Waals surface area contributed by atoms with E-state index in [0.29, 0.717) is 22.0 Å². The lowest BCUT2D eigenvalue weighted by Gasteiger charge is -2.15. The van der Waals surface area contributed by atoms with Crippen molar-refractivity contribution in [1.29, 1.82) is 0 Å². The van der Waals surface area contributed by atoms with Crippen LogP contribution in [0.1, 0.15) is 12.5 Å². The maximum atomic E-state index is 12.8. The summed E-state index contributed by atoms with van der Waals surface area (Å²) < 4.78 is 23.1. The summed E-state index contributed by atoms with van der Waals surface area (Å²) in [6, 6.07) is 10.3. The zero-order valence-electron chi connectivity index (χ0n) is 13.7. The molecule has 2 aromatic carbocycles. The van der Waals surface area contributed by atoms with E-state index in [2.05, 4.69) is 5.32 Å². The number of methoxy groups -OCH3 is 1. The maximum absolute atomic E-state index is 12.8. The highest BCUT2D eigenvalue weighted by molar-refractivity contribution is 6.31. The lowest BCUT2D eigenvalue weighted by atomic mass is 10.1. The predicted molar refractivity (Wildman–Crippen MR) is 92.3 cm³/mol. The first kappa shape index (κ1) is 18.7. The molecule has 25 heavy (non-hydrogen) atoms. The molecular weight excluding hydrogens is 349 g/mol. The summed E-state index contributed by atoms with van der Waals surface area (Å²) in [5.41, 5.74) is 0.969. The van der Waals surface area contributed by atoms with Gasteiger partial charge in [-0.2, -0.15) is 0 Å². The van der Waals surface area contributed by atoms with Crippen molar-refractivity contribution in [2.24, 2.45) is 0 Å². The first-order chi connectivity index (χ1) is 11.9. The summed E-state index contributed by atoms with van der Waals surface area (Å²) >= 11 is 5.90. The molecule has 0 heterocycles. The first-order valence-corrected chi connectivity index (χ1v) is 7.85. The Morgan fingerprint density at radius 3 is 2.52 bits per heavy atom. The minimum atomic E-state index is -1.02. The molecule has 0 aliphatic heterocycles. The Balaban J connectivity index is 1.94. The van der Waals surface area contributed by atoms with Crippen LogP contribution in [0.15, 0.2) is 42.5 Å². The number of ether oxygens (including phenoxy) is 2. The van der Waals surface area contributed by atoms with Crippen LogP contribution in [0.5, 0.6) is 5.75 Å². The molecule has 2 rings (SSSR count). The van der Waals surface area contributed by atoms with Crippen LogP contribution < -0.4 is 10.1 Å². The van der Waals surface area contributed by atoms with Gasteiger partial charge in [-0.05, 0) is 42.8 Å². The number of halogens is 2. The van der Waals surface area contributed by atoms with Crippen LogP contribution in [0, 0.1) is 5.82 Å². The Kier molecular flexibility index (Phi) is 6.36. The zero-order valence-corrected chi connectivity index (χ0v) is 14.5. The lowest BCUT2D eigenvalue weighted by Crippen LogP contribution is -2.30. The Morgan fingerprint density at radius 2 is 1.88 bits per heavy atom. The van der Waals surface area contributed by atoms with Crippen molar-refractivity contribution in [2.75, 3.05) is 12.4 Å². The van der Waals surface area contributed by atoms with Gasteiger partial charge in [-0.3, -0.25) is 9.59 Å². The van der Waals surface area contributed by atoms with Crippen molar-refractivity contribution >= 4 is 29.2 Å². The molecular formula is C18H17ClFNO4. The minimum Gasteiger partial charge on any atom is -0.495 e. The summed E-state index contributed by atoms with van der Waals surface area (Å²) in [7, 11) is 1.46. The van der Waals surface area contributed by atoms with E-state index >= 15 is 0 Å². The minimum absolute atomic E-state index is 0.0572. The fourth-order valence-corrected chi connectivity index (χ4v) is 2.25. The number of hydrogen-bond donors (Lipinski definition) is 1. The molecule has 132 valence electrons. The van der Waals surface area contributed by atoms with Crippen LogP contribution in [0.4, 0.5) is 10.1 Å². The maximum Gasteiger partial charge on any atom is 0.311 e. The Morgan fingerprint density at radius 1 is 1.20 bits per heavy atom. The van der Waals surface area contributed by atoms with Gasteiger partial charge >= 0.3 is 5.97 Å². The predicted octanol–water partition coefficient (Wildman–Crippen LogP) is 3.60. The highest BCUT2D eigenvalue weighted by atomic mass is 35.5. The average Bonchev–Trinajstić information content (AvgIpc) is 2.57. The van der Waals surface area contributed by atoms with E-state index in [1.54, 1.807) is 12.1 Å². The van der Waals surface area contributed by atoms with Gasteiger partial charge in [0.2, 0.25) is 0 Å². The number of amides is 1. The lowest BCUT2D eigenvalue weighted by molar-refractivity contribution is -0.152. The molecule has 0 aromatic heterocycles. The van der Waals surface area contributed by atoms with Crippen molar-refractivity contribution in [3.8, 4) is 5.75 Å².